The van der Waals surface area contributed by atoms with Crippen LogP contribution in [0.2, 0.25) is 0 Å². The molecular formula is C28H40N6O2. The van der Waals surface area contributed by atoms with Crippen LogP contribution in [0.5, 0.6) is 6.01 Å². The van der Waals surface area contributed by atoms with Crippen LogP contribution in [0, 0.1) is 10.8 Å². The van der Waals surface area contributed by atoms with Crippen molar-refractivity contribution in [3.8, 4) is 17.1 Å². The minimum Gasteiger partial charge on any atom is -0.467 e. The molecule has 2 saturated heterocycles. The van der Waals surface area contributed by atoms with Gasteiger partial charge < -0.3 is 19.7 Å². The number of likely N-dealkylation sites (tertiary alicyclic amines) is 1. The van der Waals surface area contributed by atoms with E-state index in [9.17, 15) is 0 Å². The largest absolute Gasteiger partial charge is 0.467 e. The molecule has 2 saturated carbocycles. The quantitative estimate of drug-likeness (QED) is 0.596. The van der Waals surface area contributed by atoms with Gasteiger partial charge >= 0.3 is 6.01 Å². The van der Waals surface area contributed by atoms with E-state index in [1.807, 2.05) is 12.4 Å². The molecule has 4 aliphatic rings. The maximum Gasteiger partial charge on any atom is 0.316 e. The van der Waals surface area contributed by atoms with Crippen molar-refractivity contribution in [3.63, 3.8) is 0 Å². The lowest BCUT2D eigenvalue weighted by Gasteiger charge is -2.45. The first kappa shape index (κ1) is 24.0. The zero-order valence-corrected chi connectivity index (χ0v) is 21.8. The Balaban J connectivity index is 1.05. The maximum absolute atomic E-state index is 5.72. The van der Waals surface area contributed by atoms with Gasteiger partial charge in [-0.1, -0.05) is 6.92 Å². The molecule has 36 heavy (non-hydrogen) atoms. The van der Waals surface area contributed by atoms with Crippen LogP contribution in [0.3, 0.4) is 0 Å². The summed E-state index contributed by atoms with van der Waals surface area (Å²) in [5, 5.41) is 12.4. The van der Waals surface area contributed by atoms with Gasteiger partial charge in [-0.15, -0.1) is 5.10 Å². The molecule has 0 bridgehead atoms. The number of nitrogens with one attached hydrogen (secondary N) is 1. The summed E-state index contributed by atoms with van der Waals surface area (Å²) in [6, 6.07) is 2.98. The topological polar surface area (TPSA) is 85.3 Å². The van der Waals surface area contributed by atoms with E-state index < -0.39 is 0 Å². The molecule has 0 radical (unpaired) electrons. The van der Waals surface area contributed by atoms with E-state index in [1.165, 1.54) is 77.4 Å². The van der Waals surface area contributed by atoms with E-state index in [2.05, 4.69) is 43.4 Å². The van der Waals surface area contributed by atoms with Crippen molar-refractivity contribution in [1.82, 2.24) is 25.1 Å². The van der Waals surface area contributed by atoms with Crippen LogP contribution in [0.4, 0.5) is 5.82 Å². The van der Waals surface area contributed by atoms with E-state index in [4.69, 9.17) is 9.47 Å². The predicted molar refractivity (Wildman–Crippen MR) is 139 cm³/mol. The summed E-state index contributed by atoms with van der Waals surface area (Å²) < 4.78 is 11.0. The van der Waals surface area contributed by atoms with Crippen molar-refractivity contribution in [2.75, 3.05) is 45.3 Å². The minimum absolute atomic E-state index is 0.405. The number of nitrogens with zero attached hydrogens (tertiary/aromatic N) is 5. The molecule has 0 amide bonds. The van der Waals surface area contributed by atoms with Gasteiger partial charge in [-0.2, -0.15) is 10.1 Å². The number of aromatic nitrogens is 4. The molecule has 194 valence electrons. The molecule has 8 heteroatoms. The van der Waals surface area contributed by atoms with Crippen LogP contribution in [0.25, 0.3) is 11.1 Å². The summed E-state index contributed by atoms with van der Waals surface area (Å²) in [4.78, 5) is 11.7. The van der Waals surface area contributed by atoms with Crippen molar-refractivity contribution in [2.24, 2.45) is 10.8 Å². The summed E-state index contributed by atoms with van der Waals surface area (Å²) in [6.45, 7) is 8.16. The third-order valence-electron chi connectivity index (χ3n) is 9.16. The Morgan fingerprint density at radius 1 is 1.08 bits per heavy atom. The number of anilines is 1. The van der Waals surface area contributed by atoms with Gasteiger partial charge in [0.25, 0.3) is 0 Å². The summed E-state index contributed by atoms with van der Waals surface area (Å²) >= 11 is 0. The number of ether oxygens (including phenoxy) is 2. The van der Waals surface area contributed by atoms with Gasteiger partial charge in [0.1, 0.15) is 5.82 Å². The second-order valence-corrected chi connectivity index (χ2v) is 12.1. The lowest BCUT2D eigenvalue weighted by molar-refractivity contribution is 0.0461. The summed E-state index contributed by atoms with van der Waals surface area (Å²) in [5.41, 5.74) is 4.03. The van der Waals surface area contributed by atoms with Gasteiger partial charge in [0, 0.05) is 42.4 Å². The van der Waals surface area contributed by atoms with E-state index >= 15 is 0 Å². The molecule has 0 unspecified atom stereocenters. The Morgan fingerprint density at radius 2 is 1.89 bits per heavy atom. The van der Waals surface area contributed by atoms with Crippen LogP contribution in [-0.4, -0.2) is 71.1 Å². The van der Waals surface area contributed by atoms with Crippen LogP contribution >= 0.6 is 0 Å². The Morgan fingerprint density at radius 3 is 2.58 bits per heavy atom. The zero-order valence-electron chi connectivity index (χ0n) is 21.8. The Bertz CT molecular complexity index is 1050. The zero-order chi connectivity index (χ0) is 24.6. The molecule has 2 aromatic rings. The highest BCUT2D eigenvalue weighted by atomic mass is 16.5. The number of piperidine rings is 1. The van der Waals surface area contributed by atoms with Crippen molar-refractivity contribution in [2.45, 2.75) is 76.7 Å². The average Bonchev–Trinajstić information content (AvgIpc) is 3.66. The van der Waals surface area contributed by atoms with Crippen LogP contribution in [0.15, 0.2) is 18.5 Å². The highest BCUT2D eigenvalue weighted by Crippen LogP contribution is 2.44. The fourth-order valence-corrected chi connectivity index (χ4v) is 6.55. The highest BCUT2D eigenvalue weighted by molar-refractivity contribution is 5.68. The highest BCUT2D eigenvalue weighted by Gasteiger charge is 2.40. The first-order valence-corrected chi connectivity index (χ1v) is 13.8. The number of rotatable bonds is 7. The second-order valence-electron chi connectivity index (χ2n) is 12.1. The van der Waals surface area contributed by atoms with E-state index in [0.717, 1.165) is 35.9 Å². The Kier molecular flexibility index (Phi) is 6.58. The number of hydrogen-bond acceptors (Lipinski definition) is 8. The normalized spacial score (nSPS) is 28.3. The summed E-state index contributed by atoms with van der Waals surface area (Å²) in [6.07, 6.45) is 14.8. The molecule has 1 N–H and O–H groups in total. The number of methoxy groups -OCH3 is 1. The SMILES string of the molecule is COc1ncc(-c2cnnc(NC3CCC(C)(CN4CCC5(CCOC5)CC4)CC3)c2)c(C2CC2)n1. The minimum atomic E-state index is 0.405. The fourth-order valence-electron chi connectivity index (χ4n) is 6.55. The maximum atomic E-state index is 5.72. The van der Waals surface area contributed by atoms with E-state index in [-0.39, 0.29) is 0 Å². The first-order valence-electron chi connectivity index (χ1n) is 13.8. The molecule has 0 atom stereocenters. The second kappa shape index (κ2) is 9.86. The summed E-state index contributed by atoms with van der Waals surface area (Å²) in [5.74, 6) is 1.34. The lowest BCUT2D eigenvalue weighted by Crippen LogP contribution is -2.46. The van der Waals surface area contributed by atoms with E-state index in [0.29, 0.717) is 28.8 Å². The van der Waals surface area contributed by atoms with E-state index in [1.54, 1.807) is 7.11 Å². The van der Waals surface area contributed by atoms with Crippen molar-refractivity contribution >= 4 is 5.82 Å². The fraction of sp³-hybridized carbons (Fsp3) is 0.714. The average molecular weight is 493 g/mol. The molecule has 0 aromatic carbocycles. The van der Waals surface area contributed by atoms with Gasteiger partial charge in [0.15, 0.2) is 0 Å². The van der Waals surface area contributed by atoms with Crippen molar-refractivity contribution in [1.29, 1.82) is 0 Å². The van der Waals surface area contributed by atoms with Crippen LogP contribution < -0.4 is 10.1 Å². The smallest absolute Gasteiger partial charge is 0.316 e. The molecular weight excluding hydrogens is 452 g/mol. The molecule has 2 aliphatic heterocycles. The lowest BCUT2D eigenvalue weighted by atomic mass is 9.72. The molecule has 1 spiro atoms. The van der Waals surface area contributed by atoms with Gasteiger partial charge in [0.2, 0.25) is 0 Å². The molecule has 4 heterocycles. The van der Waals surface area contributed by atoms with Crippen molar-refractivity contribution < 1.29 is 9.47 Å². The third kappa shape index (κ3) is 5.21. The molecule has 8 nitrogen and oxygen atoms in total. The predicted octanol–water partition coefficient (Wildman–Crippen LogP) is 4.68. The Labute approximate surface area is 214 Å². The molecule has 6 rings (SSSR count). The number of hydrogen-bond donors (Lipinski definition) is 1. The van der Waals surface area contributed by atoms with Crippen LogP contribution in [-0.2, 0) is 4.74 Å². The van der Waals surface area contributed by atoms with Gasteiger partial charge in [-0.3, -0.25) is 0 Å². The van der Waals surface area contributed by atoms with Gasteiger partial charge in [0.05, 0.1) is 25.6 Å². The molecule has 4 fully saturated rings. The molecule has 2 aromatic heterocycles. The third-order valence-corrected chi connectivity index (χ3v) is 9.16. The summed E-state index contributed by atoms with van der Waals surface area (Å²) in [7, 11) is 1.62. The standard InChI is InChI=1S/C28H40N6O2/c1-27(18-34-12-9-28(10-13-34)11-14-36-19-28)7-5-22(6-8-27)31-24-15-21(16-30-33-24)23-17-29-26(35-2)32-25(23)20-3-4-20/h15-17,20,22H,3-14,18-19H2,1-2H3,(H,31,33). The monoisotopic (exact) mass is 492 g/mol. The van der Waals surface area contributed by atoms with Gasteiger partial charge in [-0.05, 0) is 87.8 Å². The first-order chi connectivity index (χ1) is 17.5. The molecule has 2 aliphatic carbocycles. The van der Waals surface area contributed by atoms with Gasteiger partial charge in [-0.25, -0.2) is 4.98 Å². The van der Waals surface area contributed by atoms with Crippen molar-refractivity contribution in [3.05, 3.63) is 24.2 Å². The van der Waals surface area contributed by atoms with Crippen LogP contribution in [0.1, 0.15) is 76.3 Å². The Hall–Kier alpha value is -2.32.